The van der Waals surface area contributed by atoms with E-state index in [4.69, 9.17) is 0 Å². The summed E-state index contributed by atoms with van der Waals surface area (Å²) in [5.74, 6) is 1.20. The van der Waals surface area contributed by atoms with Crippen molar-refractivity contribution < 1.29 is 4.79 Å². The lowest BCUT2D eigenvalue weighted by Crippen LogP contribution is -2.47. The van der Waals surface area contributed by atoms with Crippen LogP contribution < -0.4 is 0 Å². The minimum Gasteiger partial charge on any atom is -0.334 e. The van der Waals surface area contributed by atoms with E-state index in [-0.39, 0.29) is 5.91 Å². The maximum atomic E-state index is 13.0. The van der Waals surface area contributed by atoms with Crippen LogP contribution in [0.2, 0.25) is 0 Å². The molecule has 1 amide bonds. The lowest BCUT2D eigenvalue weighted by molar-refractivity contribution is 0.0664. The molecule has 1 aromatic carbocycles. The average molecular weight is 318 g/mol. The van der Waals surface area contributed by atoms with Crippen LogP contribution in [0.3, 0.4) is 0 Å². The van der Waals surface area contributed by atoms with Gasteiger partial charge in [-0.05, 0) is 63.2 Å². The molecule has 2 atom stereocenters. The number of carbonyl (C=O) groups excluding carboxylic acids is 1. The van der Waals surface area contributed by atoms with E-state index in [0.717, 1.165) is 30.7 Å². The third-order valence-corrected chi connectivity index (χ3v) is 5.69. The van der Waals surface area contributed by atoms with Gasteiger partial charge in [0.2, 0.25) is 0 Å². The molecule has 0 unspecified atom stereocenters. The van der Waals surface area contributed by atoms with Crippen molar-refractivity contribution in [3.05, 3.63) is 35.4 Å². The Balaban J connectivity index is 1.77. The second-order valence-electron chi connectivity index (χ2n) is 6.53. The number of hydrogen-bond donors (Lipinski definition) is 0. The molecule has 2 aliphatic rings. The molecular formula is C18H26N2OS. The van der Waals surface area contributed by atoms with Gasteiger partial charge in [0, 0.05) is 29.9 Å². The highest BCUT2D eigenvalue weighted by molar-refractivity contribution is 7.97. The van der Waals surface area contributed by atoms with E-state index in [0.29, 0.717) is 12.1 Å². The van der Waals surface area contributed by atoms with Gasteiger partial charge in [-0.1, -0.05) is 12.1 Å². The highest BCUT2D eigenvalue weighted by atomic mass is 32.2. The Hall–Kier alpha value is -1.00. The fourth-order valence-corrected chi connectivity index (χ4v) is 4.51. The zero-order valence-electron chi connectivity index (χ0n) is 13.6. The first-order chi connectivity index (χ1) is 10.7. The summed E-state index contributed by atoms with van der Waals surface area (Å²) in [6.45, 7) is 2.09. The summed E-state index contributed by atoms with van der Waals surface area (Å²) >= 11 is 1.80. The van der Waals surface area contributed by atoms with Crippen LogP contribution in [-0.2, 0) is 5.75 Å². The van der Waals surface area contributed by atoms with Gasteiger partial charge in [-0.15, -0.1) is 0 Å². The van der Waals surface area contributed by atoms with Crippen molar-refractivity contribution in [3.63, 3.8) is 0 Å². The van der Waals surface area contributed by atoms with E-state index in [1.54, 1.807) is 11.8 Å². The molecule has 2 saturated heterocycles. The predicted octanol–water partition coefficient (Wildman–Crippen LogP) is 3.25. The summed E-state index contributed by atoms with van der Waals surface area (Å²) < 4.78 is 0. The first-order valence-electron chi connectivity index (χ1n) is 8.30. The van der Waals surface area contributed by atoms with Crippen LogP contribution in [0.15, 0.2) is 24.3 Å². The number of nitrogens with zero attached hydrogens (tertiary/aromatic N) is 2. The Labute approximate surface area is 138 Å². The molecule has 0 spiro atoms. The van der Waals surface area contributed by atoms with Gasteiger partial charge in [0.1, 0.15) is 0 Å². The van der Waals surface area contributed by atoms with Gasteiger partial charge < -0.3 is 9.80 Å². The van der Waals surface area contributed by atoms with E-state index < -0.39 is 0 Å². The molecule has 3 nitrogen and oxygen atoms in total. The number of thioether (sulfide) groups is 1. The number of likely N-dealkylation sites (tertiary alicyclic amines) is 2. The lowest BCUT2D eigenvalue weighted by atomic mass is 10.0. The molecule has 2 heterocycles. The van der Waals surface area contributed by atoms with Crippen LogP contribution in [0.25, 0.3) is 0 Å². The molecule has 0 aromatic heterocycles. The molecule has 0 saturated carbocycles. The topological polar surface area (TPSA) is 23.6 Å². The molecule has 2 aliphatic heterocycles. The lowest BCUT2D eigenvalue weighted by Gasteiger charge is -2.33. The standard InChI is InChI=1S/C18H26N2OS/c1-19-10-4-8-16(19)17-9-5-11-20(17)18(21)15-7-3-6-14(12-15)13-22-2/h3,6-7,12,16-17H,4-5,8-11,13H2,1-2H3/t16-,17+/m1/s1. The van der Waals surface area contributed by atoms with E-state index >= 15 is 0 Å². The Morgan fingerprint density at radius 3 is 2.73 bits per heavy atom. The maximum Gasteiger partial charge on any atom is 0.254 e. The van der Waals surface area contributed by atoms with Crippen molar-refractivity contribution in [2.45, 2.75) is 43.5 Å². The normalized spacial score (nSPS) is 25.8. The molecule has 0 bridgehead atoms. The molecule has 3 rings (SSSR count). The van der Waals surface area contributed by atoms with E-state index in [1.165, 1.54) is 24.9 Å². The first kappa shape index (κ1) is 15.9. The predicted molar refractivity (Wildman–Crippen MR) is 93.4 cm³/mol. The fraction of sp³-hybridized carbons (Fsp3) is 0.611. The molecule has 1 aromatic rings. The van der Waals surface area contributed by atoms with Crippen LogP contribution in [-0.4, -0.2) is 54.2 Å². The second kappa shape index (κ2) is 7.05. The number of hydrogen-bond acceptors (Lipinski definition) is 3. The molecule has 120 valence electrons. The van der Waals surface area contributed by atoms with Crippen molar-refractivity contribution >= 4 is 17.7 Å². The van der Waals surface area contributed by atoms with Gasteiger partial charge in [-0.25, -0.2) is 0 Å². The second-order valence-corrected chi connectivity index (χ2v) is 7.40. The van der Waals surface area contributed by atoms with Crippen LogP contribution in [0.4, 0.5) is 0 Å². The summed E-state index contributed by atoms with van der Waals surface area (Å²) in [6, 6.07) is 9.14. The van der Waals surface area contributed by atoms with Gasteiger partial charge in [0.15, 0.2) is 0 Å². The van der Waals surface area contributed by atoms with Gasteiger partial charge in [-0.2, -0.15) is 11.8 Å². The average Bonchev–Trinajstić information content (AvgIpc) is 3.15. The third kappa shape index (κ3) is 3.18. The number of benzene rings is 1. The van der Waals surface area contributed by atoms with E-state index in [9.17, 15) is 4.79 Å². The van der Waals surface area contributed by atoms with Crippen LogP contribution >= 0.6 is 11.8 Å². The van der Waals surface area contributed by atoms with Crippen molar-refractivity contribution in [1.29, 1.82) is 0 Å². The molecule has 2 fully saturated rings. The number of likely N-dealkylation sites (N-methyl/N-ethyl adjacent to an activating group) is 1. The molecule has 0 N–H and O–H groups in total. The molecule has 0 radical (unpaired) electrons. The quantitative estimate of drug-likeness (QED) is 0.851. The minimum absolute atomic E-state index is 0.228. The van der Waals surface area contributed by atoms with Crippen LogP contribution in [0.5, 0.6) is 0 Å². The van der Waals surface area contributed by atoms with Crippen LogP contribution in [0.1, 0.15) is 41.6 Å². The Morgan fingerprint density at radius 1 is 1.23 bits per heavy atom. The summed E-state index contributed by atoms with van der Waals surface area (Å²) in [4.78, 5) is 17.6. The monoisotopic (exact) mass is 318 g/mol. The van der Waals surface area contributed by atoms with E-state index in [2.05, 4.69) is 35.2 Å². The van der Waals surface area contributed by atoms with Gasteiger partial charge in [-0.3, -0.25) is 4.79 Å². The van der Waals surface area contributed by atoms with Crippen molar-refractivity contribution in [2.75, 3.05) is 26.4 Å². The molecule has 0 aliphatic carbocycles. The summed E-state index contributed by atoms with van der Waals surface area (Å²) in [7, 11) is 2.21. The van der Waals surface area contributed by atoms with Crippen LogP contribution in [0, 0.1) is 0 Å². The van der Waals surface area contributed by atoms with Crippen molar-refractivity contribution in [2.24, 2.45) is 0 Å². The van der Waals surface area contributed by atoms with Crippen molar-refractivity contribution in [3.8, 4) is 0 Å². The summed E-state index contributed by atoms with van der Waals surface area (Å²) in [6.07, 6.45) is 6.90. The maximum absolute atomic E-state index is 13.0. The highest BCUT2D eigenvalue weighted by Gasteiger charge is 2.38. The largest absolute Gasteiger partial charge is 0.334 e. The third-order valence-electron chi connectivity index (χ3n) is 5.07. The molecule has 22 heavy (non-hydrogen) atoms. The van der Waals surface area contributed by atoms with Crippen molar-refractivity contribution in [1.82, 2.24) is 9.80 Å². The first-order valence-corrected chi connectivity index (χ1v) is 9.69. The Bertz CT molecular complexity index is 534. The minimum atomic E-state index is 0.228. The molecule has 4 heteroatoms. The highest BCUT2D eigenvalue weighted by Crippen LogP contribution is 2.30. The fourth-order valence-electron chi connectivity index (χ4n) is 3.99. The Kier molecular flexibility index (Phi) is 5.09. The van der Waals surface area contributed by atoms with E-state index in [1.807, 2.05) is 12.1 Å². The molecular weight excluding hydrogens is 292 g/mol. The zero-order chi connectivity index (χ0) is 15.5. The summed E-state index contributed by atoms with van der Waals surface area (Å²) in [5.41, 5.74) is 2.10. The number of rotatable bonds is 4. The SMILES string of the molecule is CSCc1cccc(C(=O)N2CCC[C@H]2[C@H]2CCCN2C)c1. The smallest absolute Gasteiger partial charge is 0.254 e. The van der Waals surface area contributed by atoms with Gasteiger partial charge in [0.05, 0.1) is 0 Å². The summed E-state index contributed by atoms with van der Waals surface area (Å²) in [5, 5.41) is 0. The van der Waals surface area contributed by atoms with Gasteiger partial charge in [0.25, 0.3) is 5.91 Å². The number of carbonyl (C=O) groups is 1. The zero-order valence-corrected chi connectivity index (χ0v) is 14.4. The number of amides is 1. The Morgan fingerprint density at radius 2 is 2.00 bits per heavy atom. The van der Waals surface area contributed by atoms with Gasteiger partial charge >= 0.3 is 0 Å².